The molecule has 0 amide bonds. The third kappa shape index (κ3) is 3.19. The summed E-state index contributed by atoms with van der Waals surface area (Å²) >= 11 is 0. The van der Waals surface area contributed by atoms with E-state index < -0.39 is 0 Å². The standard InChI is InChI=1S/C13H27N3/c1-15(2)13(12-4-3-5-12)6-9-16-10-7-14-8-11-16/h12-14H,3-11H2,1-2H3. The predicted molar refractivity (Wildman–Crippen MR) is 68.7 cm³/mol. The molecule has 16 heavy (non-hydrogen) atoms. The fourth-order valence-corrected chi connectivity index (χ4v) is 2.99. The quantitative estimate of drug-likeness (QED) is 0.753. The van der Waals surface area contributed by atoms with Gasteiger partial charge in [-0.15, -0.1) is 0 Å². The topological polar surface area (TPSA) is 18.5 Å². The SMILES string of the molecule is CN(C)C(CCN1CCNCC1)C1CCC1. The molecule has 1 unspecified atom stereocenters. The molecule has 1 aliphatic carbocycles. The second-order valence-corrected chi connectivity index (χ2v) is 5.60. The Kier molecular flexibility index (Phi) is 4.62. The van der Waals surface area contributed by atoms with Crippen LogP contribution in [0.2, 0.25) is 0 Å². The van der Waals surface area contributed by atoms with Gasteiger partial charge >= 0.3 is 0 Å². The molecule has 0 aromatic rings. The Bertz CT molecular complexity index is 195. The van der Waals surface area contributed by atoms with Crippen molar-refractivity contribution in [3.05, 3.63) is 0 Å². The summed E-state index contributed by atoms with van der Waals surface area (Å²) < 4.78 is 0. The van der Waals surface area contributed by atoms with Crippen LogP contribution < -0.4 is 5.32 Å². The number of nitrogens with zero attached hydrogens (tertiary/aromatic N) is 2. The van der Waals surface area contributed by atoms with Gasteiger partial charge in [-0.05, 0) is 45.8 Å². The number of hydrogen-bond acceptors (Lipinski definition) is 3. The maximum absolute atomic E-state index is 3.42. The molecule has 1 atom stereocenters. The van der Waals surface area contributed by atoms with Crippen LogP contribution in [0.4, 0.5) is 0 Å². The van der Waals surface area contributed by atoms with Gasteiger partial charge in [-0.25, -0.2) is 0 Å². The average Bonchev–Trinajstić information content (AvgIpc) is 2.22. The van der Waals surface area contributed by atoms with Crippen LogP contribution in [0.5, 0.6) is 0 Å². The maximum atomic E-state index is 3.42. The molecule has 3 nitrogen and oxygen atoms in total. The minimum atomic E-state index is 0.823. The fourth-order valence-electron chi connectivity index (χ4n) is 2.99. The van der Waals surface area contributed by atoms with E-state index in [4.69, 9.17) is 0 Å². The highest BCUT2D eigenvalue weighted by Gasteiger charge is 2.28. The molecule has 1 N–H and O–H groups in total. The van der Waals surface area contributed by atoms with Gasteiger partial charge in [-0.3, -0.25) is 0 Å². The zero-order valence-corrected chi connectivity index (χ0v) is 10.9. The van der Waals surface area contributed by atoms with E-state index in [-0.39, 0.29) is 0 Å². The van der Waals surface area contributed by atoms with Crippen molar-refractivity contribution >= 4 is 0 Å². The van der Waals surface area contributed by atoms with Gasteiger partial charge in [0.1, 0.15) is 0 Å². The molecule has 1 saturated heterocycles. The van der Waals surface area contributed by atoms with Crippen molar-refractivity contribution in [2.75, 3.05) is 46.8 Å². The zero-order chi connectivity index (χ0) is 11.4. The summed E-state index contributed by atoms with van der Waals surface area (Å²) in [5.41, 5.74) is 0. The molecule has 2 rings (SSSR count). The lowest BCUT2D eigenvalue weighted by Gasteiger charge is -2.39. The molecule has 1 saturated carbocycles. The second kappa shape index (κ2) is 5.99. The molecule has 1 heterocycles. The Hall–Kier alpha value is -0.120. The van der Waals surface area contributed by atoms with E-state index in [1.165, 1.54) is 58.4 Å². The zero-order valence-electron chi connectivity index (χ0n) is 10.9. The highest BCUT2D eigenvalue weighted by molar-refractivity contribution is 4.83. The first-order valence-electron chi connectivity index (χ1n) is 6.87. The number of rotatable bonds is 5. The molecule has 2 fully saturated rings. The summed E-state index contributed by atoms with van der Waals surface area (Å²) in [7, 11) is 4.50. The molecule has 0 bridgehead atoms. The number of nitrogens with one attached hydrogen (secondary N) is 1. The molecule has 3 heteroatoms. The maximum Gasteiger partial charge on any atom is 0.0130 e. The van der Waals surface area contributed by atoms with E-state index >= 15 is 0 Å². The molecule has 1 aliphatic heterocycles. The molecule has 0 spiro atoms. The van der Waals surface area contributed by atoms with Crippen molar-refractivity contribution in [1.29, 1.82) is 0 Å². The number of piperazine rings is 1. The van der Waals surface area contributed by atoms with E-state index in [0.29, 0.717) is 0 Å². The summed E-state index contributed by atoms with van der Waals surface area (Å²) in [5.74, 6) is 0.984. The Morgan fingerprint density at radius 2 is 1.94 bits per heavy atom. The van der Waals surface area contributed by atoms with Crippen LogP contribution in [0, 0.1) is 5.92 Å². The molecule has 0 aromatic heterocycles. The van der Waals surface area contributed by atoms with Gasteiger partial charge in [0.25, 0.3) is 0 Å². The van der Waals surface area contributed by atoms with Gasteiger partial charge in [0, 0.05) is 32.2 Å². The van der Waals surface area contributed by atoms with Crippen LogP contribution in [0.15, 0.2) is 0 Å². The molecule has 0 radical (unpaired) electrons. The van der Waals surface area contributed by atoms with Gasteiger partial charge < -0.3 is 15.1 Å². The summed E-state index contributed by atoms with van der Waals surface area (Å²) in [5, 5.41) is 3.42. The van der Waals surface area contributed by atoms with Gasteiger partial charge in [-0.2, -0.15) is 0 Å². The van der Waals surface area contributed by atoms with Crippen LogP contribution in [0.1, 0.15) is 25.7 Å². The Morgan fingerprint density at radius 1 is 1.25 bits per heavy atom. The normalized spacial score (nSPS) is 25.7. The highest BCUT2D eigenvalue weighted by Crippen LogP contribution is 2.32. The lowest BCUT2D eigenvalue weighted by atomic mass is 9.78. The minimum Gasteiger partial charge on any atom is -0.314 e. The van der Waals surface area contributed by atoms with Gasteiger partial charge in [0.15, 0.2) is 0 Å². The van der Waals surface area contributed by atoms with Crippen molar-refractivity contribution in [1.82, 2.24) is 15.1 Å². The van der Waals surface area contributed by atoms with Crippen molar-refractivity contribution in [3.63, 3.8) is 0 Å². The Morgan fingerprint density at radius 3 is 2.44 bits per heavy atom. The second-order valence-electron chi connectivity index (χ2n) is 5.60. The first kappa shape index (κ1) is 12.3. The summed E-state index contributed by atoms with van der Waals surface area (Å²) in [6.07, 6.45) is 5.75. The van der Waals surface area contributed by atoms with Gasteiger partial charge in [0.2, 0.25) is 0 Å². The monoisotopic (exact) mass is 225 g/mol. The summed E-state index contributed by atoms with van der Waals surface area (Å²) in [6, 6.07) is 0.823. The number of hydrogen-bond donors (Lipinski definition) is 1. The lowest BCUT2D eigenvalue weighted by molar-refractivity contribution is 0.114. The van der Waals surface area contributed by atoms with Crippen LogP contribution in [0.3, 0.4) is 0 Å². The predicted octanol–water partition coefficient (Wildman–Crippen LogP) is 1.01. The molecule has 94 valence electrons. The molecular weight excluding hydrogens is 198 g/mol. The van der Waals surface area contributed by atoms with Gasteiger partial charge in [0.05, 0.1) is 0 Å². The molecular formula is C13H27N3. The van der Waals surface area contributed by atoms with E-state index in [2.05, 4.69) is 29.2 Å². The Balaban J connectivity index is 1.72. The van der Waals surface area contributed by atoms with Crippen molar-refractivity contribution < 1.29 is 0 Å². The smallest absolute Gasteiger partial charge is 0.0130 e. The van der Waals surface area contributed by atoms with E-state index in [1.54, 1.807) is 0 Å². The van der Waals surface area contributed by atoms with Crippen LogP contribution in [-0.4, -0.2) is 62.7 Å². The van der Waals surface area contributed by atoms with E-state index in [1.807, 2.05) is 0 Å². The van der Waals surface area contributed by atoms with Crippen LogP contribution >= 0.6 is 0 Å². The first-order valence-corrected chi connectivity index (χ1v) is 6.87. The molecule has 2 aliphatic rings. The summed E-state index contributed by atoms with van der Waals surface area (Å²) in [6.45, 7) is 6.13. The molecule has 0 aromatic carbocycles. The highest BCUT2D eigenvalue weighted by atomic mass is 15.2. The first-order chi connectivity index (χ1) is 7.77. The van der Waals surface area contributed by atoms with Crippen molar-refractivity contribution in [3.8, 4) is 0 Å². The van der Waals surface area contributed by atoms with Crippen molar-refractivity contribution in [2.45, 2.75) is 31.7 Å². The average molecular weight is 225 g/mol. The van der Waals surface area contributed by atoms with Crippen LogP contribution in [0.25, 0.3) is 0 Å². The third-order valence-corrected chi connectivity index (χ3v) is 4.31. The fraction of sp³-hybridized carbons (Fsp3) is 1.00. The van der Waals surface area contributed by atoms with Crippen molar-refractivity contribution in [2.24, 2.45) is 5.92 Å². The summed E-state index contributed by atoms with van der Waals surface area (Å²) in [4.78, 5) is 5.07. The largest absolute Gasteiger partial charge is 0.314 e. The van der Waals surface area contributed by atoms with Crippen LogP contribution in [-0.2, 0) is 0 Å². The third-order valence-electron chi connectivity index (χ3n) is 4.31. The van der Waals surface area contributed by atoms with Gasteiger partial charge in [-0.1, -0.05) is 6.42 Å². The Labute approximate surface area is 100 Å². The lowest BCUT2D eigenvalue weighted by Crippen LogP contribution is -2.46. The van der Waals surface area contributed by atoms with E-state index in [9.17, 15) is 0 Å². The van der Waals surface area contributed by atoms with E-state index in [0.717, 1.165) is 12.0 Å². The minimum absolute atomic E-state index is 0.823.